The van der Waals surface area contributed by atoms with Crippen LogP contribution in [0.3, 0.4) is 0 Å². The Bertz CT molecular complexity index is 1660. The zero-order chi connectivity index (χ0) is 27.7. The minimum absolute atomic E-state index is 0.0310. The van der Waals surface area contributed by atoms with E-state index in [4.69, 9.17) is 18.6 Å². The number of hydrogen-bond acceptors (Lipinski definition) is 8. The molecule has 9 nitrogen and oxygen atoms in total. The van der Waals surface area contributed by atoms with Crippen molar-refractivity contribution in [2.45, 2.75) is 12.8 Å². The van der Waals surface area contributed by atoms with Gasteiger partial charge in [0.2, 0.25) is 11.2 Å². The number of rotatable bonds is 8. The molecule has 0 saturated carbocycles. The van der Waals surface area contributed by atoms with E-state index in [0.29, 0.717) is 38.2 Å². The van der Waals surface area contributed by atoms with E-state index in [0.717, 1.165) is 4.90 Å². The molecule has 0 bridgehead atoms. The van der Waals surface area contributed by atoms with Gasteiger partial charge in [0, 0.05) is 18.5 Å². The van der Waals surface area contributed by atoms with E-state index in [2.05, 4.69) is 15.9 Å². The summed E-state index contributed by atoms with van der Waals surface area (Å²) >= 11 is 3.43. The van der Waals surface area contributed by atoms with E-state index in [1.807, 2.05) is 0 Å². The Morgan fingerprint density at radius 1 is 0.897 bits per heavy atom. The van der Waals surface area contributed by atoms with Crippen LogP contribution in [0.1, 0.15) is 33.6 Å². The van der Waals surface area contributed by atoms with Crippen LogP contribution in [-0.4, -0.2) is 43.4 Å². The molecule has 1 aromatic heterocycles. The Morgan fingerprint density at radius 3 is 2.23 bits per heavy atom. The smallest absolute Gasteiger partial charge is 0.311 e. The third-order valence-electron chi connectivity index (χ3n) is 6.31. The van der Waals surface area contributed by atoms with Gasteiger partial charge in [-0.15, -0.1) is 0 Å². The maximum atomic E-state index is 13.4. The van der Waals surface area contributed by atoms with Gasteiger partial charge in [0.25, 0.3) is 11.8 Å². The molecular formula is C29H22BrNO8. The first kappa shape index (κ1) is 26.2. The van der Waals surface area contributed by atoms with Crippen molar-refractivity contribution >= 4 is 44.7 Å². The monoisotopic (exact) mass is 591 g/mol. The molecule has 0 aliphatic carbocycles. The summed E-state index contributed by atoms with van der Waals surface area (Å²) in [7, 11) is 2.97. The van der Waals surface area contributed by atoms with E-state index < -0.39 is 23.2 Å². The Labute approximate surface area is 231 Å². The molecule has 5 rings (SSSR count). The van der Waals surface area contributed by atoms with Gasteiger partial charge in [-0.3, -0.25) is 24.1 Å². The third kappa shape index (κ3) is 4.79. The van der Waals surface area contributed by atoms with Crippen LogP contribution >= 0.6 is 15.9 Å². The largest absolute Gasteiger partial charge is 0.493 e. The van der Waals surface area contributed by atoms with Gasteiger partial charge in [-0.25, -0.2) is 0 Å². The first-order valence-corrected chi connectivity index (χ1v) is 12.8. The van der Waals surface area contributed by atoms with Crippen molar-refractivity contribution in [3.63, 3.8) is 0 Å². The summed E-state index contributed by atoms with van der Waals surface area (Å²) in [5, 5.41) is 0.245. The fraction of sp³-hybridized carbons (Fsp3) is 0.172. The number of hydrogen-bond donors (Lipinski definition) is 0. The quantitative estimate of drug-likeness (QED) is 0.202. The van der Waals surface area contributed by atoms with Gasteiger partial charge in [0.05, 0.1) is 35.2 Å². The van der Waals surface area contributed by atoms with Gasteiger partial charge in [-0.1, -0.05) is 24.3 Å². The minimum Gasteiger partial charge on any atom is -0.493 e. The summed E-state index contributed by atoms with van der Waals surface area (Å²) in [5.74, 6) is -0.949. The van der Waals surface area contributed by atoms with E-state index in [9.17, 15) is 19.2 Å². The Hall–Kier alpha value is -4.44. The van der Waals surface area contributed by atoms with E-state index >= 15 is 0 Å². The van der Waals surface area contributed by atoms with E-state index in [1.165, 1.54) is 14.2 Å². The zero-order valence-corrected chi connectivity index (χ0v) is 22.6. The lowest BCUT2D eigenvalue weighted by atomic mass is 10.1. The van der Waals surface area contributed by atoms with Crippen molar-refractivity contribution < 1.29 is 33.0 Å². The number of nitrogens with zero attached hydrogens (tertiary/aromatic N) is 1. The molecular weight excluding hydrogens is 570 g/mol. The van der Waals surface area contributed by atoms with E-state index in [-0.39, 0.29) is 36.3 Å². The number of para-hydroxylation sites is 1. The summed E-state index contributed by atoms with van der Waals surface area (Å²) < 4.78 is 22.9. The van der Waals surface area contributed by atoms with Gasteiger partial charge in [0.15, 0.2) is 17.3 Å². The molecule has 0 unspecified atom stereocenters. The molecule has 39 heavy (non-hydrogen) atoms. The molecule has 2 heterocycles. The van der Waals surface area contributed by atoms with Crippen LogP contribution in [0.4, 0.5) is 0 Å². The number of amides is 2. The number of fused-ring (bicyclic) bond motifs is 2. The molecule has 0 atom stereocenters. The van der Waals surface area contributed by atoms with E-state index in [1.54, 1.807) is 60.7 Å². The first-order valence-electron chi connectivity index (χ1n) is 12.0. The summed E-state index contributed by atoms with van der Waals surface area (Å²) in [4.78, 5) is 52.6. The number of methoxy groups -OCH3 is 2. The number of benzene rings is 3. The van der Waals surface area contributed by atoms with Crippen LogP contribution < -0.4 is 19.6 Å². The molecule has 198 valence electrons. The number of ether oxygens (including phenoxy) is 3. The summed E-state index contributed by atoms with van der Waals surface area (Å²) in [6.45, 7) is 0.0310. The predicted molar refractivity (Wildman–Crippen MR) is 145 cm³/mol. The molecule has 0 N–H and O–H groups in total. The fourth-order valence-corrected chi connectivity index (χ4v) is 5.05. The standard InChI is InChI=1S/C29H22BrNO8/c1-36-22-15-16(14-20(30)26(22)37-2)25-27(24(33)19-10-5-6-11-21(19)38-25)39-23(32)12-7-13-31-28(34)17-8-3-4-9-18(17)29(31)35/h3-6,8-11,14-15H,7,12-13H2,1-2H3. The maximum absolute atomic E-state index is 13.4. The molecule has 2 amide bonds. The number of carbonyl (C=O) groups is 3. The Morgan fingerprint density at radius 2 is 1.56 bits per heavy atom. The highest BCUT2D eigenvalue weighted by atomic mass is 79.9. The molecule has 10 heteroatoms. The van der Waals surface area contributed by atoms with Crippen molar-refractivity contribution in [3.05, 3.63) is 86.5 Å². The highest BCUT2D eigenvalue weighted by molar-refractivity contribution is 9.10. The highest BCUT2D eigenvalue weighted by Gasteiger charge is 2.34. The average molecular weight is 592 g/mol. The second kappa shape index (κ2) is 10.7. The second-order valence-electron chi connectivity index (χ2n) is 8.66. The van der Waals surface area contributed by atoms with Crippen molar-refractivity contribution in [2.24, 2.45) is 0 Å². The Balaban J connectivity index is 1.41. The molecule has 1 aliphatic rings. The lowest BCUT2D eigenvalue weighted by Crippen LogP contribution is -2.31. The number of esters is 1. The first-order chi connectivity index (χ1) is 18.8. The van der Waals surface area contributed by atoms with Crippen LogP contribution in [-0.2, 0) is 4.79 Å². The van der Waals surface area contributed by atoms with Crippen molar-refractivity contribution in [1.29, 1.82) is 0 Å². The molecule has 0 radical (unpaired) electrons. The van der Waals surface area contributed by atoms with Gasteiger partial charge < -0.3 is 18.6 Å². The minimum atomic E-state index is -0.713. The summed E-state index contributed by atoms with van der Waals surface area (Å²) in [5.41, 5.74) is 0.880. The molecule has 4 aromatic rings. The van der Waals surface area contributed by atoms with Crippen LogP contribution in [0, 0.1) is 0 Å². The molecule has 0 spiro atoms. The van der Waals surface area contributed by atoms with Gasteiger partial charge >= 0.3 is 5.97 Å². The molecule has 0 saturated heterocycles. The summed E-state index contributed by atoms with van der Waals surface area (Å²) in [6.07, 6.45) is 0.00912. The number of imide groups is 1. The Kier molecular flexibility index (Phi) is 7.21. The number of carbonyl (C=O) groups excluding carboxylic acids is 3. The van der Waals surface area contributed by atoms with Crippen molar-refractivity contribution in [2.75, 3.05) is 20.8 Å². The van der Waals surface area contributed by atoms with Crippen LogP contribution in [0.2, 0.25) is 0 Å². The SMILES string of the molecule is COc1cc(-c2oc3ccccc3c(=O)c2OC(=O)CCCN2C(=O)c3ccccc3C2=O)cc(Br)c1OC. The summed E-state index contributed by atoms with van der Waals surface area (Å²) in [6, 6.07) is 16.5. The molecule has 3 aromatic carbocycles. The van der Waals surface area contributed by atoms with Crippen molar-refractivity contribution in [3.8, 4) is 28.6 Å². The third-order valence-corrected chi connectivity index (χ3v) is 6.90. The van der Waals surface area contributed by atoms with Crippen molar-refractivity contribution in [1.82, 2.24) is 4.90 Å². The fourth-order valence-electron chi connectivity index (χ4n) is 4.45. The van der Waals surface area contributed by atoms with Crippen LogP contribution in [0.25, 0.3) is 22.3 Å². The second-order valence-corrected chi connectivity index (χ2v) is 9.52. The van der Waals surface area contributed by atoms with Gasteiger partial charge in [-0.2, -0.15) is 0 Å². The molecule has 0 fully saturated rings. The molecule has 1 aliphatic heterocycles. The zero-order valence-electron chi connectivity index (χ0n) is 21.0. The van der Waals surface area contributed by atoms with Gasteiger partial charge in [-0.05, 0) is 58.7 Å². The predicted octanol–water partition coefficient (Wildman–Crippen LogP) is 5.22. The lowest BCUT2D eigenvalue weighted by molar-refractivity contribution is -0.134. The normalized spacial score (nSPS) is 12.5. The van der Waals surface area contributed by atoms with Crippen LogP contribution in [0.5, 0.6) is 17.2 Å². The topological polar surface area (TPSA) is 112 Å². The average Bonchev–Trinajstić information content (AvgIpc) is 3.19. The lowest BCUT2D eigenvalue weighted by Gasteiger charge is -2.15. The number of halogens is 1. The maximum Gasteiger partial charge on any atom is 0.311 e. The highest BCUT2D eigenvalue weighted by Crippen LogP contribution is 2.41. The van der Waals surface area contributed by atoms with Gasteiger partial charge in [0.1, 0.15) is 5.58 Å². The van der Waals surface area contributed by atoms with Crippen LogP contribution in [0.15, 0.2) is 74.3 Å².